The minimum Gasteiger partial charge on any atom is -0.465 e. The minimum absolute atomic E-state index is 0.0983. The van der Waals surface area contributed by atoms with Crippen molar-refractivity contribution >= 4 is 17.9 Å². The summed E-state index contributed by atoms with van der Waals surface area (Å²) in [4.78, 5) is 38.3. The second-order valence-electron chi connectivity index (χ2n) is 11.3. The van der Waals surface area contributed by atoms with Crippen LogP contribution in [0.2, 0.25) is 0 Å². The number of carbonyl (C=O) groups is 3. The molecule has 0 aromatic heterocycles. The molecular formula is C31H54O6. The van der Waals surface area contributed by atoms with Gasteiger partial charge in [-0.1, -0.05) is 98.5 Å². The number of esters is 3. The fourth-order valence-corrected chi connectivity index (χ4v) is 5.04. The highest BCUT2D eigenvalue weighted by Gasteiger charge is 2.49. The van der Waals surface area contributed by atoms with Gasteiger partial charge in [0.05, 0.1) is 19.1 Å². The standard InChI is InChI=1S/C31H54O6/c1-6-9-11-13-15-18-25(4)23-35-29(33)27-20-17-21-31(22-27,37-28(32)8-3)30(34)36-24-26(5)19-16-14-12-10-7-2/h8,25-27H,3,6-7,9-24H2,1-2,4-5H3. The van der Waals surface area contributed by atoms with Crippen molar-refractivity contribution in [1.29, 1.82) is 0 Å². The molecule has 6 nitrogen and oxygen atoms in total. The van der Waals surface area contributed by atoms with E-state index in [1.165, 1.54) is 51.4 Å². The summed E-state index contributed by atoms with van der Waals surface area (Å²) in [5.41, 5.74) is -1.46. The first-order valence-corrected chi connectivity index (χ1v) is 15.0. The quantitative estimate of drug-likeness (QED) is 0.0704. The van der Waals surface area contributed by atoms with Crippen molar-refractivity contribution in [3.8, 4) is 0 Å². The summed E-state index contributed by atoms with van der Waals surface area (Å²) in [5.74, 6) is -1.52. The van der Waals surface area contributed by atoms with E-state index in [1.54, 1.807) is 0 Å². The molecule has 1 aliphatic rings. The zero-order chi connectivity index (χ0) is 27.5. The van der Waals surface area contributed by atoms with Gasteiger partial charge in [0.2, 0.25) is 5.60 Å². The first-order valence-electron chi connectivity index (χ1n) is 15.0. The lowest BCUT2D eigenvalue weighted by atomic mass is 9.77. The molecule has 4 unspecified atom stereocenters. The maximum atomic E-state index is 13.2. The highest BCUT2D eigenvalue weighted by Crippen LogP contribution is 2.38. The van der Waals surface area contributed by atoms with Gasteiger partial charge < -0.3 is 14.2 Å². The Morgan fingerprint density at radius 1 is 0.865 bits per heavy atom. The summed E-state index contributed by atoms with van der Waals surface area (Å²) >= 11 is 0. The molecule has 6 heteroatoms. The van der Waals surface area contributed by atoms with Crippen LogP contribution >= 0.6 is 0 Å². The number of hydrogen-bond acceptors (Lipinski definition) is 6. The third-order valence-corrected chi connectivity index (χ3v) is 7.49. The SMILES string of the molecule is C=CC(=O)OC1(C(=O)OCC(C)CCCCCCC)CCCC(C(=O)OCC(C)CCCCCCC)C1. The van der Waals surface area contributed by atoms with Crippen LogP contribution in [-0.4, -0.2) is 36.7 Å². The monoisotopic (exact) mass is 522 g/mol. The van der Waals surface area contributed by atoms with Crippen molar-refractivity contribution in [2.24, 2.45) is 17.8 Å². The van der Waals surface area contributed by atoms with Crippen molar-refractivity contribution in [3.05, 3.63) is 12.7 Å². The molecule has 0 radical (unpaired) electrons. The molecule has 0 aromatic rings. The molecule has 1 rings (SSSR count). The molecule has 0 aromatic carbocycles. The smallest absolute Gasteiger partial charge is 0.350 e. The predicted molar refractivity (Wildman–Crippen MR) is 148 cm³/mol. The van der Waals surface area contributed by atoms with Gasteiger partial charge in [-0.2, -0.15) is 0 Å². The zero-order valence-electron chi connectivity index (χ0n) is 24.2. The van der Waals surface area contributed by atoms with Gasteiger partial charge >= 0.3 is 17.9 Å². The molecule has 37 heavy (non-hydrogen) atoms. The van der Waals surface area contributed by atoms with Crippen LogP contribution in [-0.2, 0) is 28.6 Å². The Bertz CT molecular complexity index is 675. The summed E-state index contributed by atoms with van der Waals surface area (Å²) in [6.07, 6.45) is 16.8. The van der Waals surface area contributed by atoms with E-state index in [9.17, 15) is 14.4 Å². The lowest BCUT2D eigenvalue weighted by molar-refractivity contribution is -0.189. The zero-order valence-corrected chi connectivity index (χ0v) is 24.2. The van der Waals surface area contributed by atoms with E-state index in [2.05, 4.69) is 34.3 Å². The van der Waals surface area contributed by atoms with Gasteiger partial charge in [0, 0.05) is 12.5 Å². The maximum absolute atomic E-state index is 13.2. The molecule has 0 amide bonds. The van der Waals surface area contributed by atoms with Crippen molar-refractivity contribution < 1.29 is 28.6 Å². The Morgan fingerprint density at radius 3 is 1.95 bits per heavy atom. The van der Waals surface area contributed by atoms with Crippen LogP contribution in [0.3, 0.4) is 0 Å². The maximum Gasteiger partial charge on any atom is 0.350 e. The summed E-state index contributed by atoms with van der Waals surface area (Å²) in [5, 5.41) is 0. The number of ether oxygens (including phenoxy) is 3. The Hall–Kier alpha value is -1.85. The molecule has 214 valence electrons. The van der Waals surface area contributed by atoms with Gasteiger partial charge in [-0.15, -0.1) is 0 Å². The van der Waals surface area contributed by atoms with Crippen LogP contribution in [0.25, 0.3) is 0 Å². The average molecular weight is 523 g/mol. The molecule has 1 aliphatic carbocycles. The third kappa shape index (κ3) is 13.5. The molecule has 1 saturated carbocycles. The van der Waals surface area contributed by atoms with Gasteiger partial charge in [0.1, 0.15) is 0 Å². The van der Waals surface area contributed by atoms with Crippen LogP contribution in [0.1, 0.15) is 130 Å². The van der Waals surface area contributed by atoms with Gasteiger partial charge in [-0.3, -0.25) is 4.79 Å². The molecule has 0 saturated heterocycles. The van der Waals surface area contributed by atoms with Crippen molar-refractivity contribution in [3.63, 3.8) is 0 Å². The number of rotatable bonds is 20. The predicted octanol–water partition coefficient (Wildman–Crippen LogP) is 7.72. The molecule has 0 spiro atoms. The van der Waals surface area contributed by atoms with Gasteiger partial charge in [-0.25, -0.2) is 9.59 Å². The first kappa shape index (κ1) is 33.2. The summed E-state index contributed by atoms with van der Waals surface area (Å²) in [6, 6.07) is 0. The van der Waals surface area contributed by atoms with Gasteiger partial charge in [0.25, 0.3) is 0 Å². The minimum atomic E-state index is -1.46. The van der Waals surface area contributed by atoms with E-state index in [0.717, 1.165) is 31.8 Å². The Morgan fingerprint density at radius 2 is 1.41 bits per heavy atom. The second kappa shape index (κ2) is 19.3. The van der Waals surface area contributed by atoms with E-state index in [-0.39, 0.29) is 24.9 Å². The lowest BCUT2D eigenvalue weighted by Gasteiger charge is -2.37. The number of unbranched alkanes of at least 4 members (excludes halogenated alkanes) is 8. The van der Waals surface area contributed by atoms with E-state index >= 15 is 0 Å². The Labute approximate surface area is 226 Å². The molecule has 1 fully saturated rings. The number of hydrogen-bond donors (Lipinski definition) is 0. The topological polar surface area (TPSA) is 78.9 Å². The van der Waals surface area contributed by atoms with Crippen LogP contribution < -0.4 is 0 Å². The second-order valence-corrected chi connectivity index (χ2v) is 11.3. The summed E-state index contributed by atoms with van der Waals surface area (Å²) in [6.45, 7) is 12.7. The van der Waals surface area contributed by atoms with E-state index in [4.69, 9.17) is 14.2 Å². The summed E-state index contributed by atoms with van der Waals surface area (Å²) < 4.78 is 16.9. The molecule has 0 heterocycles. The average Bonchev–Trinajstić information content (AvgIpc) is 2.90. The van der Waals surface area contributed by atoms with Crippen molar-refractivity contribution in [2.75, 3.05) is 13.2 Å². The Balaban J connectivity index is 2.62. The van der Waals surface area contributed by atoms with Crippen LogP contribution in [0, 0.1) is 17.8 Å². The largest absolute Gasteiger partial charge is 0.465 e. The first-order chi connectivity index (χ1) is 17.8. The highest BCUT2D eigenvalue weighted by atomic mass is 16.6. The molecule has 0 bridgehead atoms. The molecular weight excluding hydrogens is 468 g/mol. The molecule has 4 atom stereocenters. The summed E-state index contributed by atoms with van der Waals surface area (Å²) in [7, 11) is 0. The lowest BCUT2D eigenvalue weighted by Crippen LogP contribution is -2.49. The molecule has 0 aliphatic heterocycles. The fraction of sp³-hybridized carbons (Fsp3) is 0.839. The van der Waals surface area contributed by atoms with Gasteiger partial charge in [-0.05, 0) is 43.9 Å². The normalized spacial score (nSPS) is 21.0. The number of carbonyl (C=O) groups excluding carboxylic acids is 3. The van der Waals surface area contributed by atoms with Gasteiger partial charge in [0.15, 0.2) is 0 Å². The Kier molecular flexibility index (Phi) is 17.3. The van der Waals surface area contributed by atoms with Crippen LogP contribution in [0.5, 0.6) is 0 Å². The fourth-order valence-electron chi connectivity index (χ4n) is 5.04. The highest BCUT2D eigenvalue weighted by molar-refractivity contribution is 5.88. The van der Waals surface area contributed by atoms with Crippen LogP contribution in [0.15, 0.2) is 12.7 Å². The van der Waals surface area contributed by atoms with Crippen molar-refractivity contribution in [2.45, 2.75) is 136 Å². The molecule has 0 N–H and O–H groups in total. The van der Waals surface area contributed by atoms with E-state index < -0.39 is 23.5 Å². The van der Waals surface area contributed by atoms with E-state index in [1.807, 2.05) is 0 Å². The third-order valence-electron chi connectivity index (χ3n) is 7.49. The van der Waals surface area contributed by atoms with Crippen LogP contribution in [0.4, 0.5) is 0 Å². The van der Waals surface area contributed by atoms with E-state index in [0.29, 0.717) is 31.8 Å². The van der Waals surface area contributed by atoms with Crippen molar-refractivity contribution in [1.82, 2.24) is 0 Å².